The average Bonchev–Trinajstić information content (AvgIpc) is 2.88. The monoisotopic (exact) mass is 525 g/mol. The number of ether oxygens (including phenoxy) is 2. The summed E-state index contributed by atoms with van der Waals surface area (Å²) in [5.41, 5.74) is 1.58. The van der Waals surface area contributed by atoms with Crippen molar-refractivity contribution in [2.75, 3.05) is 26.3 Å². The van der Waals surface area contributed by atoms with E-state index in [4.69, 9.17) is 21.7 Å². The maximum Gasteiger partial charge on any atom is 0.308 e. The molecule has 1 aliphatic rings. The summed E-state index contributed by atoms with van der Waals surface area (Å²) < 4.78 is 11.1. The molecule has 37 heavy (non-hydrogen) atoms. The molecule has 2 aromatic carbocycles. The van der Waals surface area contributed by atoms with Gasteiger partial charge in [-0.2, -0.15) is 0 Å². The van der Waals surface area contributed by atoms with Crippen molar-refractivity contribution in [3.63, 3.8) is 0 Å². The first kappa shape index (κ1) is 28.1. The smallest absolute Gasteiger partial charge is 0.308 e. The molecule has 198 valence electrons. The second-order valence-electron chi connectivity index (χ2n) is 9.33. The van der Waals surface area contributed by atoms with Crippen LogP contribution in [0.25, 0.3) is 0 Å². The molecule has 0 aromatic heterocycles. The maximum atomic E-state index is 12.8. The first-order valence-electron chi connectivity index (χ1n) is 12.7. The molecule has 2 aromatic rings. The lowest BCUT2D eigenvalue weighted by Crippen LogP contribution is -2.60. The van der Waals surface area contributed by atoms with Crippen LogP contribution in [0.1, 0.15) is 49.0 Å². The number of amides is 2. The minimum atomic E-state index is -0.847. The zero-order chi connectivity index (χ0) is 26.6. The van der Waals surface area contributed by atoms with Gasteiger partial charge < -0.3 is 19.7 Å². The van der Waals surface area contributed by atoms with Crippen molar-refractivity contribution in [1.29, 1.82) is 0 Å². The van der Waals surface area contributed by atoms with Gasteiger partial charge in [0.25, 0.3) is 5.91 Å². The summed E-state index contributed by atoms with van der Waals surface area (Å²) in [6, 6.07) is 15.9. The third-order valence-corrected chi connectivity index (χ3v) is 6.30. The lowest BCUT2D eigenvalue weighted by molar-refractivity contribution is -0.147. The van der Waals surface area contributed by atoms with E-state index >= 15 is 0 Å². The number of carbonyl (C=O) groups excluding carboxylic acids is 3. The van der Waals surface area contributed by atoms with Gasteiger partial charge in [-0.15, -0.1) is 0 Å². The van der Waals surface area contributed by atoms with Crippen LogP contribution in [0.5, 0.6) is 5.75 Å². The number of nitrogens with zero attached hydrogens (tertiary/aromatic N) is 1. The van der Waals surface area contributed by atoms with Crippen molar-refractivity contribution >= 4 is 35.1 Å². The summed E-state index contributed by atoms with van der Waals surface area (Å²) in [6.07, 6.45) is 2.27. The molecule has 1 atom stereocenters. The summed E-state index contributed by atoms with van der Waals surface area (Å²) in [4.78, 5) is 39.3. The molecule has 2 amide bonds. The van der Waals surface area contributed by atoms with Crippen LogP contribution in [0.4, 0.5) is 0 Å². The highest BCUT2D eigenvalue weighted by molar-refractivity contribution is 7.80. The fourth-order valence-corrected chi connectivity index (χ4v) is 4.15. The van der Waals surface area contributed by atoms with Gasteiger partial charge in [0, 0.05) is 18.7 Å². The zero-order valence-corrected chi connectivity index (χ0v) is 22.2. The molecule has 0 spiro atoms. The van der Waals surface area contributed by atoms with Crippen LogP contribution in [-0.4, -0.2) is 60.1 Å². The number of thiocarbonyl (C=S) groups is 1. The van der Waals surface area contributed by atoms with Crippen molar-refractivity contribution in [1.82, 2.24) is 15.5 Å². The van der Waals surface area contributed by atoms with E-state index in [1.54, 1.807) is 29.2 Å². The molecule has 1 saturated heterocycles. The van der Waals surface area contributed by atoms with Crippen molar-refractivity contribution < 1.29 is 23.9 Å². The van der Waals surface area contributed by atoms with E-state index in [2.05, 4.69) is 24.5 Å². The number of rotatable bonds is 11. The highest BCUT2D eigenvalue weighted by atomic mass is 32.1. The van der Waals surface area contributed by atoms with Crippen molar-refractivity contribution in [3.05, 3.63) is 65.7 Å². The van der Waals surface area contributed by atoms with E-state index < -0.39 is 17.9 Å². The Bertz CT molecular complexity index is 1060. The van der Waals surface area contributed by atoms with Gasteiger partial charge in [-0.05, 0) is 67.2 Å². The number of benzene rings is 2. The van der Waals surface area contributed by atoms with Crippen LogP contribution in [0.2, 0.25) is 0 Å². The normalized spacial score (nSPS) is 15.2. The number of esters is 1. The Morgan fingerprint density at radius 1 is 1.11 bits per heavy atom. The topological polar surface area (TPSA) is 97.0 Å². The van der Waals surface area contributed by atoms with Crippen molar-refractivity contribution in [3.8, 4) is 5.75 Å². The van der Waals surface area contributed by atoms with Crippen molar-refractivity contribution in [2.45, 2.75) is 45.6 Å². The van der Waals surface area contributed by atoms with Gasteiger partial charge in [-0.25, -0.2) is 0 Å². The highest BCUT2D eigenvalue weighted by Gasteiger charge is 2.34. The third-order valence-electron chi connectivity index (χ3n) is 5.97. The van der Waals surface area contributed by atoms with Crippen LogP contribution in [0, 0.1) is 5.92 Å². The number of aryl methyl sites for hydroxylation is 1. The Morgan fingerprint density at radius 3 is 2.54 bits per heavy atom. The van der Waals surface area contributed by atoms with Crippen molar-refractivity contribution in [2.24, 2.45) is 5.92 Å². The molecule has 9 heteroatoms. The summed E-state index contributed by atoms with van der Waals surface area (Å²) in [6.45, 7) is 5.87. The third kappa shape index (κ3) is 9.17. The SMILES string of the molecule is CC(C)CCOc1ccc(C(=O)NC(=S)N2CCNC(=O)C2CC(=O)OCCCc2ccccc2)cc1. The minimum Gasteiger partial charge on any atom is -0.494 e. The molecule has 3 rings (SSSR count). The highest BCUT2D eigenvalue weighted by Crippen LogP contribution is 2.15. The van der Waals surface area contributed by atoms with E-state index in [1.807, 2.05) is 30.3 Å². The summed E-state index contributed by atoms with van der Waals surface area (Å²) in [5, 5.41) is 5.53. The van der Waals surface area contributed by atoms with E-state index in [9.17, 15) is 14.4 Å². The Labute approximate surface area is 223 Å². The quantitative estimate of drug-likeness (QED) is 0.263. The van der Waals surface area contributed by atoms with E-state index in [0.29, 0.717) is 43.3 Å². The number of nitrogens with one attached hydrogen (secondary N) is 2. The van der Waals surface area contributed by atoms with Crippen LogP contribution < -0.4 is 15.4 Å². The van der Waals surface area contributed by atoms with E-state index in [0.717, 1.165) is 12.8 Å². The zero-order valence-electron chi connectivity index (χ0n) is 21.4. The van der Waals surface area contributed by atoms with Crippen LogP contribution >= 0.6 is 12.2 Å². The lowest BCUT2D eigenvalue weighted by Gasteiger charge is -2.36. The Kier molecular flexibility index (Phi) is 10.9. The molecular formula is C28H35N3O5S. The molecule has 0 saturated carbocycles. The molecule has 2 N–H and O–H groups in total. The molecular weight excluding hydrogens is 490 g/mol. The van der Waals surface area contributed by atoms with Crippen LogP contribution in [-0.2, 0) is 20.7 Å². The van der Waals surface area contributed by atoms with Gasteiger partial charge in [-0.3, -0.25) is 19.7 Å². The predicted octanol–water partition coefficient (Wildman–Crippen LogP) is 3.49. The summed E-state index contributed by atoms with van der Waals surface area (Å²) in [7, 11) is 0. The Morgan fingerprint density at radius 2 is 1.84 bits per heavy atom. The van der Waals surface area contributed by atoms with Gasteiger partial charge >= 0.3 is 5.97 Å². The maximum absolute atomic E-state index is 12.8. The first-order valence-corrected chi connectivity index (χ1v) is 13.1. The number of hydrogen-bond donors (Lipinski definition) is 2. The molecule has 1 aliphatic heterocycles. The van der Waals surface area contributed by atoms with Crippen LogP contribution in [0.3, 0.4) is 0 Å². The van der Waals surface area contributed by atoms with Gasteiger partial charge in [0.15, 0.2) is 5.11 Å². The second kappa shape index (κ2) is 14.3. The molecule has 1 heterocycles. The molecule has 0 aliphatic carbocycles. The van der Waals surface area contributed by atoms with Crippen LogP contribution in [0.15, 0.2) is 54.6 Å². The molecule has 0 radical (unpaired) electrons. The fraction of sp³-hybridized carbons (Fsp3) is 0.429. The van der Waals surface area contributed by atoms with Gasteiger partial charge in [0.1, 0.15) is 11.8 Å². The Hall–Kier alpha value is -3.46. The predicted molar refractivity (Wildman–Crippen MR) is 145 cm³/mol. The summed E-state index contributed by atoms with van der Waals surface area (Å²) >= 11 is 5.44. The summed E-state index contributed by atoms with van der Waals surface area (Å²) in [5.74, 6) is 0.0318. The molecule has 8 nitrogen and oxygen atoms in total. The minimum absolute atomic E-state index is 0.0963. The number of carbonyl (C=O) groups is 3. The largest absolute Gasteiger partial charge is 0.494 e. The standard InChI is InChI=1S/C28H35N3O5S/c1-20(2)14-18-35-23-12-10-22(11-13-23)26(33)30-28(37)31-16-15-29-27(34)24(31)19-25(32)36-17-6-9-21-7-4-3-5-8-21/h3-5,7-8,10-13,20,24H,6,9,14-19H2,1-2H3,(H,29,34)(H,30,33,37). The van der Waals surface area contributed by atoms with Gasteiger partial charge in [0.2, 0.25) is 5.91 Å². The Balaban J connectivity index is 1.49. The molecule has 1 fully saturated rings. The van der Waals surface area contributed by atoms with E-state index in [1.165, 1.54) is 5.56 Å². The molecule has 0 bridgehead atoms. The number of hydrogen-bond acceptors (Lipinski definition) is 6. The lowest BCUT2D eigenvalue weighted by atomic mass is 10.1. The van der Waals surface area contributed by atoms with E-state index in [-0.39, 0.29) is 24.0 Å². The van der Waals surface area contributed by atoms with Gasteiger partial charge in [-0.1, -0.05) is 44.2 Å². The fourth-order valence-electron chi connectivity index (χ4n) is 3.84. The van der Waals surface area contributed by atoms with Gasteiger partial charge in [0.05, 0.1) is 19.6 Å². The second-order valence-corrected chi connectivity index (χ2v) is 9.72. The average molecular weight is 526 g/mol. The number of piperazine rings is 1. The molecule has 1 unspecified atom stereocenters. The first-order chi connectivity index (χ1) is 17.8.